The Morgan fingerprint density at radius 1 is 1.17 bits per heavy atom. The van der Waals surface area contributed by atoms with Crippen LogP contribution in [0.4, 0.5) is 0 Å². The van der Waals surface area contributed by atoms with Gasteiger partial charge < -0.3 is 5.32 Å². The molecule has 1 aromatic heterocycles. The Balaban J connectivity index is 2.44. The Morgan fingerprint density at radius 3 is 2.67 bits per heavy atom. The largest absolute Gasteiger partial charge is 0.306 e. The van der Waals surface area contributed by atoms with Gasteiger partial charge in [0.2, 0.25) is 0 Å². The Morgan fingerprint density at radius 2 is 2.00 bits per heavy atom. The van der Waals surface area contributed by atoms with Crippen molar-refractivity contribution in [2.75, 3.05) is 6.54 Å². The molecule has 3 nitrogen and oxygen atoms in total. The highest BCUT2D eigenvalue weighted by Gasteiger charge is 2.15. The van der Waals surface area contributed by atoms with Crippen LogP contribution in [0.15, 0.2) is 36.7 Å². The molecule has 18 heavy (non-hydrogen) atoms. The third kappa shape index (κ3) is 2.74. The molecule has 0 saturated carbocycles. The van der Waals surface area contributed by atoms with E-state index in [0.29, 0.717) is 0 Å². The van der Waals surface area contributed by atoms with Gasteiger partial charge in [0.15, 0.2) is 0 Å². The first-order valence-electron chi connectivity index (χ1n) is 6.29. The third-order valence-corrected chi connectivity index (χ3v) is 3.09. The maximum atomic E-state index is 3.98. The number of aryl methyl sites for hydroxylation is 2. The molecule has 1 aromatic carbocycles. The molecule has 0 radical (unpaired) electrons. The standard InChI is InChI=1S/C15H19N3/c1-4-16-15(13-7-8-17-18-10-13)14-9-11(2)5-6-12(14)3/h5-10,15-16H,4H2,1-3H3. The van der Waals surface area contributed by atoms with Crippen LogP contribution in [0.1, 0.15) is 35.2 Å². The van der Waals surface area contributed by atoms with E-state index in [1.54, 1.807) is 6.20 Å². The van der Waals surface area contributed by atoms with Crippen molar-refractivity contribution in [3.63, 3.8) is 0 Å². The van der Waals surface area contributed by atoms with Gasteiger partial charge in [-0.2, -0.15) is 10.2 Å². The molecule has 1 heterocycles. The van der Waals surface area contributed by atoms with Crippen molar-refractivity contribution in [1.29, 1.82) is 0 Å². The predicted molar refractivity (Wildman–Crippen MR) is 73.5 cm³/mol. The van der Waals surface area contributed by atoms with Crippen LogP contribution in [0.3, 0.4) is 0 Å². The lowest BCUT2D eigenvalue weighted by molar-refractivity contribution is 0.623. The van der Waals surface area contributed by atoms with E-state index in [1.165, 1.54) is 16.7 Å². The quantitative estimate of drug-likeness (QED) is 0.894. The average molecular weight is 241 g/mol. The molecule has 0 aliphatic heterocycles. The van der Waals surface area contributed by atoms with Gasteiger partial charge in [-0.1, -0.05) is 30.7 Å². The second-order valence-corrected chi connectivity index (χ2v) is 4.53. The zero-order valence-corrected chi connectivity index (χ0v) is 11.1. The van der Waals surface area contributed by atoms with E-state index in [4.69, 9.17) is 0 Å². The lowest BCUT2D eigenvalue weighted by Gasteiger charge is -2.20. The molecule has 2 aromatic rings. The van der Waals surface area contributed by atoms with Gasteiger partial charge in [-0.15, -0.1) is 0 Å². The van der Waals surface area contributed by atoms with Crippen LogP contribution in [0.2, 0.25) is 0 Å². The van der Waals surface area contributed by atoms with Crippen LogP contribution in [0.5, 0.6) is 0 Å². The second kappa shape index (κ2) is 5.74. The van der Waals surface area contributed by atoms with Crippen molar-refractivity contribution in [3.8, 4) is 0 Å². The van der Waals surface area contributed by atoms with E-state index in [1.807, 2.05) is 12.3 Å². The van der Waals surface area contributed by atoms with E-state index >= 15 is 0 Å². The topological polar surface area (TPSA) is 37.8 Å². The Bertz CT molecular complexity index is 508. The van der Waals surface area contributed by atoms with Gasteiger partial charge in [-0.3, -0.25) is 0 Å². The molecule has 1 unspecified atom stereocenters. The zero-order valence-electron chi connectivity index (χ0n) is 11.1. The van der Waals surface area contributed by atoms with E-state index in [9.17, 15) is 0 Å². The summed E-state index contributed by atoms with van der Waals surface area (Å²) in [4.78, 5) is 0. The van der Waals surface area contributed by atoms with Gasteiger partial charge in [0.1, 0.15) is 0 Å². The summed E-state index contributed by atoms with van der Waals surface area (Å²) in [6, 6.07) is 8.76. The van der Waals surface area contributed by atoms with Crippen molar-refractivity contribution in [2.45, 2.75) is 26.8 Å². The maximum absolute atomic E-state index is 3.98. The predicted octanol–water partition coefficient (Wildman–Crippen LogP) is 2.79. The van der Waals surface area contributed by atoms with Crippen molar-refractivity contribution in [2.24, 2.45) is 0 Å². The van der Waals surface area contributed by atoms with Crippen LogP contribution in [0.25, 0.3) is 0 Å². The fourth-order valence-corrected chi connectivity index (χ4v) is 2.15. The molecule has 0 bridgehead atoms. The first kappa shape index (κ1) is 12.7. The second-order valence-electron chi connectivity index (χ2n) is 4.53. The van der Waals surface area contributed by atoms with E-state index in [0.717, 1.165) is 12.1 Å². The summed E-state index contributed by atoms with van der Waals surface area (Å²) in [7, 11) is 0. The molecule has 0 aliphatic carbocycles. The molecule has 1 atom stereocenters. The molecular weight excluding hydrogens is 222 g/mol. The summed E-state index contributed by atoms with van der Waals surface area (Å²) in [6.07, 6.45) is 3.57. The molecule has 94 valence electrons. The Hall–Kier alpha value is -1.74. The van der Waals surface area contributed by atoms with Crippen molar-refractivity contribution < 1.29 is 0 Å². The number of nitrogens with zero attached hydrogens (tertiary/aromatic N) is 2. The average Bonchev–Trinajstić information content (AvgIpc) is 2.40. The summed E-state index contributed by atoms with van der Waals surface area (Å²) >= 11 is 0. The Kier molecular flexibility index (Phi) is 4.05. The number of rotatable bonds is 4. The minimum atomic E-state index is 0.186. The van der Waals surface area contributed by atoms with E-state index in [-0.39, 0.29) is 6.04 Å². The lowest BCUT2D eigenvalue weighted by atomic mass is 9.94. The number of hydrogen-bond donors (Lipinski definition) is 1. The van der Waals surface area contributed by atoms with Gasteiger partial charge in [0.05, 0.1) is 12.2 Å². The van der Waals surface area contributed by atoms with Crippen LogP contribution >= 0.6 is 0 Å². The molecule has 0 fully saturated rings. The van der Waals surface area contributed by atoms with E-state index < -0.39 is 0 Å². The molecule has 0 spiro atoms. The minimum absolute atomic E-state index is 0.186. The first-order valence-corrected chi connectivity index (χ1v) is 6.29. The van der Waals surface area contributed by atoms with Crippen LogP contribution in [-0.2, 0) is 0 Å². The summed E-state index contributed by atoms with van der Waals surface area (Å²) < 4.78 is 0. The highest BCUT2D eigenvalue weighted by Crippen LogP contribution is 2.25. The van der Waals surface area contributed by atoms with Crippen molar-refractivity contribution >= 4 is 0 Å². The summed E-state index contributed by atoms with van der Waals surface area (Å²) in [6.45, 7) is 7.30. The first-order chi connectivity index (χ1) is 8.72. The molecule has 0 aliphatic rings. The van der Waals surface area contributed by atoms with Crippen molar-refractivity contribution in [3.05, 3.63) is 58.9 Å². The number of hydrogen-bond acceptors (Lipinski definition) is 3. The van der Waals surface area contributed by atoms with Crippen LogP contribution in [0, 0.1) is 13.8 Å². The van der Waals surface area contributed by atoms with Crippen molar-refractivity contribution in [1.82, 2.24) is 15.5 Å². The third-order valence-electron chi connectivity index (χ3n) is 3.09. The zero-order chi connectivity index (χ0) is 13.0. The van der Waals surface area contributed by atoms with Gasteiger partial charge in [-0.05, 0) is 43.1 Å². The summed E-state index contributed by atoms with van der Waals surface area (Å²) in [5.74, 6) is 0. The van der Waals surface area contributed by atoms with Gasteiger partial charge in [-0.25, -0.2) is 0 Å². The maximum Gasteiger partial charge on any atom is 0.0595 e. The number of benzene rings is 1. The lowest BCUT2D eigenvalue weighted by Crippen LogP contribution is -2.23. The normalized spacial score (nSPS) is 12.4. The molecular formula is C15H19N3. The smallest absolute Gasteiger partial charge is 0.0595 e. The molecule has 1 N–H and O–H groups in total. The summed E-state index contributed by atoms with van der Waals surface area (Å²) in [5, 5.41) is 11.3. The van der Waals surface area contributed by atoms with Gasteiger partial charge in [0.25, 0.3) is 0 Å². The van der Waals surface area contributed by atoms with Crippen LogP contribution in [-0.4, -0.2) is 16.7 Å². The Labute approximate surface area is 108 Å². The molecule has 2 rings (SSSR count). The number of nitrogens with one attached hydrogen (secondary N) is 1. The molecule has 0 saturated heterocycles. The fourth-order valence-electron chi connectivity index (χ4n) is 2.15. The number of aromatic nitrogens is 2. The molecule has 0 amide bonds. The van der Waals surface area contributed by atoms with E-state index in [2.05, 4.69) is 54.5 Å². The highest BCUT2D eigenvalue weighted by molar-refractivity contribution is 5.38. The monoisotopic (exact) mass is 241 g/mol. The SMILES string of the molecule is CCNC(c1ccnnc1)c1cc(C)ccc1C. The van der Waals surface area contributed by atoms with Crippen LogP contribution < -0.4 is 5.32 Å². The molecule has 3 heteroatoms. The fraction of sp³-hybridized carbons (Fsp3) is 0.333. The van der Waals surface area contributed by atoms with Gasteiger partial charge in [0, 0.05) is 6.20 Å². The minimum Gasteiger partial charge on any atom is -0.306 e. The highest BCUT2D eigenvalue weighted by atomic mass is 15.1. The van der Waals surface area contributed by atoms with Gasteiger partial charge >= 0.3 is 0 Å². The summed E-state index contributed by atoms with van der Waals surface area (Å²) in [5.41, 5.74) is 5.04.